The van der Waals surface area contributed by atoms with E-state index in [1.54, 1.807) is 0 Å². The summed E-state index contributed by atoms with van der Waals surface area (Å²) in [7, 11) is 2.07. The van der Waals surface area contributed by atoms with Crippen LogP contribution in [-0.2, 0) is 0 Å². The third kappa shape index (κ3) is 5.14. The molecule has 1 fully saturated rings. The lowest BCUT2D eigenvalue weighted by atomic mass is 10.2. The van der Waals surface area contributed by atoms with Crippen LogP contribution >= 0.6 is 0 Å². The van der Waals surface area contributed by atoms with E-state index in [4.69, 9.17) is 0 Å². The van der Waals surface area contributed by atoms with Crippen LogP contribution in [0, 0.1) is 0 Å². The van der Waals surface area contributed by atoms with Crippen molar-refractivity contribution in [2.24, 2.45) is 0 Å². The zero-order valence-corrected chi connectivity index (χ0v) is 9.85. The molecule has 1 saturated heterocycles. The molecule has 1 rings (SSSR count). The van der Waals surface area contributed by atoms with Gasteiger partial charge in [0.05, 0.1) is 6.54 Å². The van der Waals surface area contributed by atoms with Crippen LogP contribution in [0.5, 0.6) is 0 Å². The van der Waals surface area contributed by atoms with Gasteiger partial charge in [-0.3, -0.25) is 4.90 Å². The van der Waals surface area contributed by atoms with E-state index in [9.17, 15) is 13.2 Å². The van der Waals surface area contributed by atoms with Gasteiger partial charge < -0.3 is 10.2 Å². The van der Waals surface area contributed by atoms with E-state index in [0.717, 1.165) is 19.6 Å². The molecule has 0 amide bonds. The van der Waals surface area contributed by atoms with Crippen molar-refractivity contribution in [3.63, 3.8) is 0 Å². The van der Waals surface area contributed by atoms with Gasteiger partial charge in [0.2, 0.25) is 0 Å². The number of hydrogen-bond donors (Lipinski definition) is 1. The average molecular weight is 239 g/mol. The molecule has 1 unspecified atom stereocenters. The molecule has 1 heterocycles. The van der Waals surface area contributed by atoms with Gasteiger partial charge in [-0.05, 0) is 14.0 Å². The van der Waals surface area contributed by atoms with E-state index in [1.807, 2.05) is 0 Å². The van der Waals surface area contributed by atoms with E-state index < -0.39 is 12.7 Å². The van der Waals surface area contributed by atoms with Crippen LogP contribution in [0.1, 0.15) is 6.92 Å². The maximum Gasteiger partial charge on any atom is 0.401 e. The maximum atomic E-state index is 11.9. The topological polar surface area (TPSA) is 18.5 Å². The Kier molecular flexibility index (Phi) is 5.01. The SMILES string of the molecule is CC1CN(C)CCN1CCNCC(F)(F)F. The Morgan fingerprint density at radius 3 is 2.56 bits per heavy atom. The predicted molar refractivity (Wildman–Crippen MR) is 57.5 cm³/mol. The number of halogens is 3. The third-order valence-electron chi connectivity index (χ3n) is 2.87. The number of nitrogens with zero attached hydrogens (tertiary/aromatic N) is 2. The van der Waals surface area contributed by atoms with Gasteiger partial charge in [0.1, 0.15) is 0 Å². The first kappa shape index (κ1) is 13.7. The highest BCUT2D eigenvalue weighted by molar-refractivity contribution is 4.77. The minimum Gasteiger partial charge on any atom is -0.307 e. The van der Waals surface area contributed by atoms with Crippen molar-refractivity contribution in [1.29, 1.82) is 0 Å². The van der Waals surface area contributed by atoms with E-state index in [2.05, 4.69) is 29.1 Å². The maximum absolute atomic E-state index is 11.9. The smallest absolute Gasteiger partial charge is 0.307 e. The van der Waals surface area contributed by atoms with Gasteiger partial charge in [0, 0.05) is 38.8 Å². The highest BCUT2D eigenvalue weighted by atomic mass is 19.4. The fraction of sp³-hybridized carbons (Fsp3) is 1.00. The fourth-order valence-corrected chi connectivity index (χ4v) is 1.96. The lowest BCUT2D eigenvalue weighted by Gasteiger charge is -2.38. The fourth-order valence-electron chi connectivity index (χ4n) is 1.96. The van der Waals surface area contributed by atoms with Crippen molar-refractivity contribution in [2.45, 2.75) is 19.1 Å². The van der Waals surface area contributed by atoms with Crippen molar-refractivity contribution in [3.05, 3.63) is 0 Å². The Labute approximate surface area is 94.6 Å². The molecular formula is C10H20F3N3. The van der Waals surface area contributed by atoms with Crippen molar-refractivity contribution >= 4 is 0 Å². The normalized spacial score (nSPS) is 24.9. The summed E-state index contributed by atoms with van der Waals surface area (Å²) in [6, 6.07) is 0.423. The molecule has 96 valence electrons. The Bertz CT molecular complexity index is 208. The summed E-state index contributed by atoms with van der Waals surface area (Å²) >= 11 is 0. The number of alkyl halides is 3. The van der Waals surface area contributed by atoms with Gasteiger partial charge in [-0.15, -0.1) is 0 Å². The van der Waals surface area contributed by atoms with E-state index in [1.165, 1.54) is 0 Å². The van der Waals surface area contributed by atoms with E-state index >= 15 is 0 Å². The van der Waals surface area contributed by atoms with Crippen molar-refractivity contribution in [1.82, 2.24) is 15.1 Å². The summed E-state index contributed by atoms with van der Waals surface area (Å²) in [4.78, 5) is 4.47. The second kappa shape index (κ2) is 5.84. The van der Waals surface area contributed by atoms with Crippen molar-refractivity contribution < 1.29 is 13.2 Å². The number of likely N-dealkylation sites (N-methyl/N-ethyl adjacent to an activating group) is 1. The zero-order chi connectivity index (χ0) is 12.2. The van der Waals surface area contributed by atoms with Crippen LogP contribution in [0.2, 0.25) is 0 Å². The van der Waals surface area contributed by atoms with E-state index in [0.29, 0.717) is 19.1 Å². The molecule has 0 saturated carbocycles. The van der Waals surface area contributed by atoms with Crippen LogP contribution in [0.25, 0.3) is 0 Å². The monoisotopic (exact) mass is 239 g/mol. The summed E-state index contributed by atoms with van der Waals surface area (Å²) < 4.78 is 35.6. The molecule has 1 aliphatic heterocycles. The molecule has 6 heteroatoms. The molecule has 3 nitrogen and oxygen atoms in total. The molecule has 0 radical (unpaired) electrons. The predicted octanol–water partition coefficient (Wildman–Crippen LogP) is 0.774. The van der Waals surface area contributed by atoms with Crippen LogP contribution < -0.4 is 5.32 Å². The van der Waals surface area contributed by atoms with Crippen LogP contribution in [0.15, 0.2) is 0 Å². The van der Waals surface area contributed by atoms with Gasteiger partial charge in [0.15, 0.2) is 0 Å². The van der Waals surface area contributed by atoms with Crippen molar-refractivity contribution in [2.75, 3.05) is 46.3 Å². The first-order chi connectivity index (χ1) is 7.38. The molecule has 0 aromatic carbocycles. The summed E-state index contributed by atoms with van der Waals surface area (Å²) in [5.74, 6) is 0. The summed E-state index contributed by atoms with van der Waals surface area (Å²) in [5, 5.41) is 2.42. The second-order valence-electron chi connectivity index (χ2n) is 4.44. The standard InChI is InChI=1S/C10H20F3N3/c1-9-7-15(2)5-6-16(9)4-3-14-8-10(11,12)13/h9,14H,3-8H2,1-2H3. The molecule has 0 aliphatic carbocycles. The van der Waals surface area contributed by atoms with Crippen molar-refractivity contribution in [3.8, 4) is 0 Å². The molecule has 1 aliphatic rings. The zero-order valence-electron chi connectivity index (χ0n) is 9.85. The van der Waals surface area contributed by atoms with Gasteiger partial charge in [-0.2, -0.15) is 13.2 Å². The van der Waals surface area contributed by atoms with Gasteiger partial charge >= 0.3 is 6.18 Å². The highest BCUT2D eigenvalue weighted by Crippen LogP contribution is 2.12. The number of hydrogen-bond acceptors (Lipinski definition) is 3. The Morgan fingerprint density at radius 2 is 2.00 bits per heavy atom. The molecule has 1 N–H and O–H groups in total. The van der Waals surface area contributed by atoms with Crippen LogP contribution in [0.4, 0.5) is 13.2 Å². The van der Waals surface area contributed by atoms with Crippen LogP contribution in [0.3, 0.4) is 0 Å². The second-order valence-corrected chi connectivity index (χ2v) is 4.44. The first-order valence-corrected chi connectivity index (χ1v) is 5.58. The summed E-state index contributed by atoms with van der Waals surface area (Å²) in [6.07, 6.45) is -4.10. The molecule has 1 atom stereocenters. The Morgan fingerprint density at radius 1 is 1.31 bits per heavy atom. The summed E-state index contributed by atoms with van der Waals surface area (Å²) in [5.41, 5.74) is 0. The lowest BCUT2D eigenvalue weighted by molar-refractivity contribution is -0.124. The number of nitrogens with one attached hydrogen (secondary N) is 1. The quantitative estimate of drug-likeness (QED) is 0.731. The highest BCUT2D eigenvalue weighted by Gasteiger charge is 2.26. The molecule has 0 aromatic rings. The lowest BCUT2D eigenvalue weighted by Crippen LogP contribution is -2.52. The van der Waals surface area contributed by atoms with Gasteiger partial charge in [-0.1, -0.05) is 0 Å². The largest absolute Gasteiger partial charge is 0.401 e. The minimum absolute atomic E-state index is 0.396. The molecule has 16 heavy (non-hydrogen) atoms. The summed E-state index contributed by atoms with van der Waals surface area (Å²) in [6.45, 7) is 5.21. The number of rotatable bonds is 4. The Balaban J connectivity index is 2.13. The Hall–Kier alpha value is -0.330. The molecular weight excluding hydrogens is 219 g/mol. The average Bonchev–Trinajstić information content (AvgIpc) is 2.13. The first-order valence-electron chi connectivity index (χ1n) is 5.58. The minimum atomic E-state index is -4.10. The molecule has 0 aromatic heterocycles. The van der Waals surface area contributed by atoms with Crippen LogP contribution in [-0.4, -0.2) is 68.3 Å². The molecule has 0 bridgehead atoms. The van der Waals surface area contributed by atoms with E-state index in [-0.39, 0.29) is 0 Å². The van der Waals surface area contributed by atoms with Gasteiger partial charge in [0.25, 0.3) is 0 Å². The number of piperazine rings is 1. The van der Waals surface area contributed by atoms with Gasteiger partial charge in [-0.25, -0.2) is 0 Å². The molecule has 0 spiro atoms. The third-order valence-corrected chi connectivity index (χ3v) is 2.87.